The van der Waals surface area contributed by atoms with Gasteiger partial charge in [-0.1, -0.05) is 23.7 Å². The molecule has 2 atom stereocenters. The topological polar surface area (TPSA) is 110 Å². The highest BCUT2D eigenvalue weighted by molar-refractivity contribution is 6.30. The fourth-order valence-corrected chi connectivity index (χ4v) is 5.44. The van der Waals surface area contributed by atoms with Crippen molar-refractivity contribution in [2.24, 2.45) is 0 Å². The molecule has 4 aromatic rings. The van der Waals surface area contributed by atoms with E-state index in [1.807, 2.05) is 13.0 Å². The van der Waals surface area contributed by atoms with Crippen molar-refractivity contribution in [2.45, 2.75) is 26.0 Å². The van der Waals surface area contributed by atoms with Gasteiger partial charge in [0, 0.05) is 62.8 Å². The molecule has 12 heteroatoms. The number of aliphatic hydroxyl groups excluding tert-OH is 1. The maximum absolute atomic E-state index is 13.0. The number of H-pyrrole nitrogens is 2. The maximum Gasteiger partial charge on any atom is 0.261 e. The van der Waals surface area contributed by atoms with Gasteiger partial charge in [0.15, 0.2) is 0 Å². The lowest BCUT2D eigenvalue weighted by molar-refractivity contribution is 0.117. The van der Waals surface area contributed by atoms with Gasteiger partial charge in [-0.25, -0.2) is 4.98 Å². The number of rotatable bonds is 9. The molecule has 41 heavy (non-hydrogen) atoms. The highest BCUT2D eigenvalue weighted by atomic mass is 35.5. The molecule has 0 unspecified atom stereocenters. The number of aliphatic hydroxyl groups is 1. The Morgan fingerprint density at radius 3 is 2.76 bits per heavy atom. The van der Waals surface area contributed by atoms with Crippen LogP contribution in [0.5, 0.6) is 0 Å². The standard InChI is InChI=1S/C29H35ClN6O3.2ClH/c1-18-13-22(36-10-9-35(11-12-39-3)19(2)17-36)15-24-27(18)34-28(33-24)26-23(7-8-31-29(26)38)32-16-25(37)20-5-4-6-21(30)14-20;;/h4-8,13-15,19,25,37H,9-12,16-17H2,1-3H3,(H,33,34)(H2,31,32,38);2*1H/t19-,25-;;/m1../s1. The predicted octanol–water partition coefficient (Wildman–Crippen LogP) is 5.03. The fourth-order valence-electron chi connectivity index (χ4n) is 5.24. The quantitative estimate of drug-likeness (QED) is 0.207. The van der Waals surface area contributed by atoms with E-state index in [2.05, 4.69) is 44.1 Å². The molecule has 0 bridgehead atoms. The lowest BCUT2D eigenvalue weighted by Gasteiger charge is -2.41. The molecular formula is C29H37Cl3N6O3. The van der Waals surface area contributed by atoms with Crippen LogP contribution in [0.25, 0.3) is 22.4 Å². The number of hydrogen-bond acceptors (Lipinski definition) is 7. The SMILES string of the molecule is COCCN1CCN(c2cc(C)c3nc(-c4c(NC[C@@H](O)c5cccc(Cl)c5)cc[nH]c4=O)[nH]c3c2)C[C@H]1C.Cl.Cl. The molecule has 1 aliphatic heterocycles. The van der Waals surface area contributed by atoms with Crippen molar-refractivity contribution in [3.05, 3.63) is 75.2 Å². The molecule has 5 rings (SSSR count). The first kappa shape index (κ1) is 32.7. The van der Waals surface area contributed by atoms with E-state index in [0.717, 1.165) is 55.1 Å². The van der Waals surface area contributed by atoms with Gasteiger partial charge in [0.05, 0.1) is 29.4 Å². The Hall–Kier alpha value is -2.79. The first-order chi connectivity index (χ1) is 18.8. The minimum Gasteiger partial charge on any atom is -0.387 e. The van der Waals surface area contributed by atoms with Crippen molar-refractivity contribution in [3.63, 3.8) is 0 Å². The second-order valence-electron chi connectivity index (χ2n) is 10.1. The Bertz CT molecular complexity index is 1510. The van der Waals surface area contributed by atoms with Crippen LogP contribution in [-0.2, 0) is 4.74 Å². The van der Waals surface area contributed by atoms with Gasteiger partial charge in [0.2, 0.25) is 0 Å². The molecule has 2 aromatic heterocycles. The van der Waals surface area contributed by atoms with Crippen LogP contribution in [0.2, 0.25) is 5.02 Å². The number of aromatic amines is 2. The number of nitrogens with one attached hydrogen (secondary N) is 3. The first-order valence-corrected chi connectivity index (χ1v) is 13.6. The number of halogens is 3. The molecule has 2 aromatic carbocycles. The van der Waals surface area contributed by atoms with Crippen LogP contribution in [0.15, 0.2) is 53.5 Å². The Kier molecular flexibility index (Phi) is 11.5. The van der Waals surface area contributed by atoms with Crippen LogP contribution >= 0.6 is 36.4 Å². The minimum atomic E-state index is -0.798. The second kappa shape index (κ2) is 14.4. The number of piperazine rings is 1. The van der Waals surface area contributed by atoms with E-state index in [4.69, 9.17) is 21.3 Å². The zero-order valence-electron chi connectivity index (χ0n) is 23.3. The van der Waals surface area contributed by atoms with Gasteiger partial charge in [-0.15, -0.1) is 24.8 Å². The largest absolute Gasteiger partial charge is 0.387 e. The third-order valence-electron chi connectivity index (χ3n) is 7.39. The molecule has 0 aliphatic carbocycles. The summed E-state index contributed by atoms with van der Waals surface area (Å²) in [6.07, 6.45) is 0.785. The molecule has 1 aliphatic rings. The van der Waals surface area contributed by atoms with Gasteiger partial charge in [-0.05, 0) is 55.3 Å². The summed E-state index contributed by atoms with van der Waals surface area (Å²) in [7, 11) is 1.74. The van der Waals surface area contributed by atoms with Crippen LogP contribution in [0.1, 0.15) is 24.2 Å². The third kappa shape index (κ3) is 7.35. The molecule has 3 heterocycles. The Balaban J connectivity index is 0.00000231. The van der Waals surface area contributed by atoms with Gasteiger partial charge in [0.25, 0.3) is 5.56 Å². The summed E-state index contributed by atoms with van der Waals surface area (Å²) >= 11 is 6.08. The highest BCUT2D eigenvalue weighted by Crippen LogP contribution is 2.30. The van der Waals surface area contributed by atoms with Crippen molar-refractivity contribution >= 4 is 58.8 Å². The predicted molar refractivity (Wildman–Crippen MR) is 171 cm³/mol. The fraction of sp³-hybridized carbons (Fsp3) is 0.379. The smallest absolute Gasteiger partial charge is 0.261 e. The first-order valence-electron chi connectivity index (χ1n) is 13.2. The average molecular weight is 624 g/mol. The summed E-state index contributed by atoms with van der Waals surface area (Å²) in [6, 6.07) is 13.6. The number of imidazole rings is 1. The van der Waals surface area contributed by atoms with Crippen LogP contribution < -0.4 is 15.8 Å². The van der Waals surface area contributed by atoms with E-state index in [1.54, 1.807) is 37.6 Å². The van der Waals surface area contributed by atoms with E-state index in [1.165, 1.54) is 0 Å². The molecule has 222 valence electrons. The molecule has 0 spiro atoms. The summed E-state index contributed by atoms with van der Waals surface area (Å²) < 4.78 is 5.26. The summed E-state index contributed by atoms with van der Waals surface area (Å²) in [4.78, 5) is 28.8. The van der Waals surface area contributed by atoms with Crippen LogP contribution in [0, 0.1) is 6.92 Å². The van der Waals surface area contributed by atoms with Gasteiger partial charge in [0.1, 0.15) is 11.4 Å². The summed E-state index contributed by atoms with van der Waals surface area (Å²) in [6.45, 7) is 9.01. The number of aryl methyl sites for hydroxylation is 1. The van der Waals surface area contributed by atoms with E-state index in [0.29, 0.717) is 33.7 Å². The molecular weight excluding hydrogens is 587 g/mol. The number of fused-ring (bicyclic) bond motifs is 1. The number of methoxy groups -OCH3 is 1. The number of pyridine rings is 1. The van der Waals surface area contributed by atoms with Crippen molar-refractivity contribution in [1.82, 2.24) is 19.9 Å². The molecule has 0 saturated carbocycles. The van der Waals surface area contributed by atoms with Gasteiger partial charge in [-0.2, -0.15) is 0 Å². The van der Waals surface area contributed by atoms with Crippen molar-refractivity contribution < 1.29 is 9.84 Å². The maximum atomic E-state index is 13.0. The van der Waals surface area contributed by atoms with Gasteiger partial charge >= 0.3 is 0 Å². The highest BCUT2D eigenvalue weighted by Gasteiger charge is 2.24. The number of nitrogens with zero attached hydrogens (tertiary/aromatic N) is 3. The van der Waals surface area contributed by atoms with Crippen LogP contribution in [0.4, 0.5) is 11.4 Å². The van der Waals surface area contributed by atoms with Gasteiger partial charge < -0.3 is 30.0 Å². The summed E-state index contributed by atoms with van der Waals surface area (Å²) in [5.41, 5.74) is 5.29. The second-order valence-corrected chi connectivity index (χ2v) is 10.6. The normalized spacial score (nSPS) is 16.2. The Morgan fingerprint density at radius 2 is 2.02 bits per heavy atom. The van der Waals surface area contributed by atoms with E-state index >= 15 is 0 Å². The molecule has 0 amide bonds. The van der Waals surface area contributed by atoms with Crippen molar-refractivity contribution in [2.75, 3.05) is 56.7 Å². The zero-order valence-corrected chi connectivity index (χ0v) is 25.7. The lowest BCUT2D eigenvalue weighted by Crippen LogP contribution is -2.52. The molecule has 4 N–H and O–H groups in total. The van der Waals surface area contributed by atoms with Crippen LogP contribution in [-0.4, -0.2) is 77.4 Å². The van der Waals surface area contributed by atoms with E-state index < -0.39 is 6.10 Å². The van der Waals surface area contributed by atoms with Crippen molar-refractivity contribution in [1.29, 1.82) is 0 Å². The summed E-state index contributed by atoms with van der Waals surface area (Å²) in [5.74, 6) is 0.476. The molecule has 9 nitrogen and oxygen atoms in total. The zero-order chi connectivity index (χ0) is 27.5. The Morgan fingerprint density at radius 1 is 1.22 bits per heavy atom. The monoisotopic (exact) mass is 622 g/mol. The number of benzene rings is 2. The van der Waals surface area contributed by atoms with E-state index in [-0.39, 0.29) is 36.9 Å². The number of anilines is 2. The number of aromatic nitrogens is 3. The lowest BCUT2D eigenvalue weighted by atomic mass is 10.1. The van der Waals surface area contributed by atoms with E-state index in [9.17, 15) is 9.90 Å². The Labute approximate surface area is 257 Å². The molecule has 1 fully saturated rings. The third-order valence-corrected chi connectivity index (χ3v) is 7.63. The number of ether oxygens (including phenoxy) is 1. The number of hydrogen-bond donors (Lipinski definition) is 4. The van der Waals surface area contributed by atoms with Crippen LogP contribution in [0.3, 0.4) is 0 Å². The molecule has 0 radical (unpaired) electrons. The van der Waals surface area contributed by atoms with Gasteiger partial charge in [-0.3, -0.25) is 9.69 Å². The summed E-state index contributed by atoms with van der Waals surface area (Å²) in [5, 5.41) is 14.5. The molecule has 1 saturated heterocycles. The minimum absolute atomic E-state index is 0. The average Bonchev–Trinajstić information content (AvgIpc) is 3.35. The van der Waals surface area contributed by atoms with Crippen molar-refractivity contribution in [3.8, 4) is 11.4 Å².